The Morgan fingerprint density at radius 3 is 2.40 bits per heavy atom. The first-order chi connectivity index (χ1) is 14.5. The second-order valence-corrected chi connectivity index (χ2v) is 6.77. The molecule has 1 aromatic heterocycles. The lowest BCUT2D eigenvalue weighted by atomic mass is 10.2. The fourth-order valence-electron chi connectivity index (χ4n) is 3.27. The molecule has 7 heteroatoms. The molecule has 4 aromatic rings. The third-order valence-electron chi connectivity index (χ3n) is 4.76. The summed E-state index contributed by atoms with van der Waals surface area (Å²) in [4.78, 5) is 31.4. The number of anilines is 3. The Hall–Kier alpha value is -4.00. The van der Waals surface area contributed by atoms with E-state index in [0.29, 0.717) is 17.0 Å². The molecule has 0 radical (unpaired) electrons. The second-order valence-electron chi connectivity index (χ2n) is 6.77. The molecule has 0 unspecified atom stereocenters. The molecule has 0 bridgehead atoms. The van der Waals surface area contributed by atoms with E-state index in [1.54, 1.807) is 6.07 Å². The van der Waals surface area contributed by atoms with E-state index < -0.39 is 17.4 Å². The van der Waals surface area contributed by atoms with Gasteiger partial charge in [-0.15, -0.1) is 0 Å². The SMILES string of the molecule is CN(c1ccccc1)c1nc(=O)n(CC(=O)Nc2ccc(F)cc2)c2ccccc12. The van der Waals surface area contributed by atoms with Crippen LogP contribution in [0.2, 0.25) is 0 Å². The van der Waals surface area contributed by atoms with E-state index in [1.807, 2.05) is 60.5 Å². The van der Waals surface area contributed by atoms with E-state index in [4.69, 9.17) is 0 Å². The normalized spacial score (nSPS) is 10.7. The van der Waals surface area contributed by atoms with Crippen LogP contribution in [0.1, 0.15) is 0 Å². The molecule has 0 aliphatic heterocycles. The van der Waals surface area contributed by atoms with Gasteiger partial charge in [-0.3, -0.25) is 9.36 Å². The van der Waals surface area contributed by atoms with Crippen molar-refractivity contribution in [2.45, 2.75) is 6.54 Å². The number of nitrogens with one attached hydrogen (secondary N) is 1. The van der Waals surface area contributed by atoms with E-state index >= 15 is 0 Å². The van der Waals surface area contributed by atoms with Crippen LogP contribution in [0.3, 0.4) is 0 Å². The molecule has 0 fully saturated rings. The van der Waals surface area contributed by atoms with Crippen molar-refractivity contribution in [2.75, 3.05) is 17.3 Å². The summed E-state index contributed by atoms with van der Waals surface area (Å²) < 4.78 is 14.4. The predicted molar refractivity (Wildman–Crippen MR) is 116 cm³/mol. The number of benzene rings is 3. The highest BCUT2D eigenvalue weighted by Gasteiger charge is 2.16. The Morgan fingerprint density at radius 1 is 1.00 bits per heavy atom. The number of para-hydroxylation sites is 2. The Morgan fingerprint density at radius 2 is 1.67 bits per heavy atom. The average molecular weight is 402 g/mol. The van der Waals surface area contributed by atoms with Crippen LogP contribution >= 0.6 is 0 Å². The number of hydrogen-bond acceptors (Lipinski definition) is 4. The molecule has 0 saturated heterocycles. The summed E-state index contributed by atoms with van der Waals surface area (Å²) in [6.07, 6.45) is 0. The van der Waals surface area contributed by atoms with Gasteiger partial charge in [-0.05, 0) is 48.5 Å². The van der Waals surface area contributed by atoms with Gasteiger partial charge in [-0.1, -0.05) is 30.3 Å². The first-order valence-corrected chi connectivity index (χ1v) is 9.37. The lowest BCUT2D eigenvalue weighted by Gasteiger charge is -2.21. The number of aromatic nitrogens is 2. The van der Waals surface area contributed by atoms with Crippen LogP contribution in [-0.2, 0) is 11.3 Å². The first kappa shape index (κ1) is 19.3. The average Bonchev–Trinajstić information content (AvgIpc) is 2.77. The summed E-state index contributed by atoms with van der Waals surface area (Å²) in [5.74, 6) is -0.283. The first-order valence-electron chi connectivity index (χ1n) is 9.37. The number of hydrogen-bond donors (Lipinski definition) is 1. The standard InChI is InChI=1S/C23H19FN4O2/c1-27(18-7-3-2-4-8-18)22-19-9-5-6-10-20(19)28(23(30)26-22)15-21(29)25-17-13-11-16(24)12-14-17/h2-14H,15H2,1H3,(H,25,29). The number of carbonyl (C=O) groups excluding carboxylic acids is 1. The van der Waals surface area contributed by atoms with Gasteiger partial charge in [0.05, 0.1) is 5.52 Å². The number of carbonyl (C=O) groups is 1. The van der Waals surface area contributed by atoms with Crippen molar-refractivity contribution in [2.24, 2.45) is 0 Å². The van der Waals surface area contributed by atoms with Gasteiger partial charge in [-0.25, -0.2) is 9.18 Å². The van der Waals surface area contributed by atoms with E-state index in [9.17, 15) is 14.0 Å². The fourth-order valence-corrected chi connectivity index (χ4v) is 3.27. The van der Waals surface area contributed by atoms with E-state index in [1.165, 1.54) is 28.8 Å². The van der Waals surface area contributed by atoms with Gasteiger partial charge in [0.15, 0.2) is 0 Å². The zero-order valence-electron chi connectivity index (χ0n) is 16.2. The summed E-state index contributed by atoms with van der Waals surface area (Å²) in [6, 6.07) is 22.4. The molecule has 0 spiro atoms. The molecular weight excluding hydrogens is 383 g/mol. The fraction of sp³-hybridized carbons (Fsp3) is 0.0870. The second kappa shape index (κ2) is 8.16. The lowest BCUT2D eigenvalue weighted by molar-refractivity contribution is -0.116. The number of rotatable bonds is 5. The van der Waals surface area contributed by atoms with Crippen LogP contribution in [-0.4, -0.2) is 22.5 Å². The Labute approximate surface area is 172 Å². The van der Waals surface area contributed by atoms with Crippen molar-refractivity contribution < 1.29 is 9.18 Å². The van der Waals surface area contributed by atoms with Crippen LogP contribution in [0, 0.1) is 5.82 Å². The predicted octanol–water partition coefficient (Wildman–Crippen LogP) is 3.94. The van der Waals surface area contributed by atoms with Crippen molar-refractivity contribution >= 4 is 34.0 Å². The number of amides is 1. The monoisotopic (exact) mass is 402 g/mol. The molecule has 3 aromatic carbocycles. The molecule has 0 aliphatic carbocycles. The van der Waals surface area contributed by atoms with Gasteiger partial charge >= 0.3 is 5.69 Å². The molecular formula is C23H19FN4O2. The van der Waals surface area contributed by atoms with E-state index in [2.05, 4.69) is 10.3 Å². The third-order valence-corrected chi connectivity index (χ3v) is 4.76. The number of fused-ring (bicyclic) bond motifs is 1. The Bertz CT molecular complexity index is 1250. The number of halogens is 1. The van der Waals surface area contributed by atoms with Crippen molar-refractivity contribution in [3.05, 3.63) is 95.2 Å². The Balaban J connectivity index is 1.70. The highest BCUT2D eigenvalue weighted by atomic mass is 19.1. The minimum Gasteiger partial charge on any atom is -0.329 e. The summed E-state index contributed by atoms with van der Waals surface area (Å²) in [6.45, 7) is -0.209. The van der Waals surface area contributed by atoms with Crippen LogP contribution in [0.15, 0.2) is 83.7 Å². The molecule has 0 atom stereocenters. The summed E-state index contributed by atoms with van der Waals surface area (Å²) >= 11 is 0. The van der Waals surface area contributed by atoms with Crippen LogP contribution in [0.25, 0.3) is 10.9 Å². The molecule has 0 aliphatic rings. The lowest BCUT2D eigenvalue weighted by Crippen LogP contribution is -2.31. The molecule has 0 saturated carbocycles. The minimum absolute atomic E-state index is 0.209. The highest BCUT2D eigenvalue weighted by Crippen LogP contribution is 2.27. The molecule has 1 heterocycles. The third kappa shape index (κ3) is 3.91. The van der Waals surface area contributed by atoms with Crippen molar-refractivity contribution in [3.8, 4) is 0 Å². The highest BCUT2D eigenvalue weighted by molar-refractivity contribution is 5.94. The summed E-state index contributed by atoms with van der Waals surface area (Å²) in [5.41, 5.74) is 1.42. The minimum atomic E-state index is -0.527. The van der Waals surface area contributed by atoms with E-state index in [-0.39, 0.29) is 6.54 Å². The van der Waals surface area contributed by atoms with Crippen LogP contribution < -0.4 is 15.9 Å². The van der Waals surface area contributed by atoms with Crippen LogP contribution in [0.4, 0.5) is 21.6 Å². The molecule has 4 rings (SSSR count). The quantitative estimate of drug-likeness (QED) is 0.549. The van der Waals surface area contributed by atoms with E-state index in [0.717, 1.165) is 11.1 Å². The maximum absolute atomic E-state index is 13.1. The van der Waals surface area contributed by atoms with Crippen LogP contribution in [0.5, 0.6) is 0 Å². The van der Waals surface area contributed by atoms with Crippen molar-refractivity contribution in [1.29, 1.82) is 0 Å². The number of nitrogens with zero attached hydrogens (tertiary/aromatic N) is 3. The molecule has 30 heavy (non-hydrogen) atoms. The maximum atomic E-state index is 13.1. The molecule has 1 N–H and O–H groups in total. The van der Waals surface area contributed by atoms with Gasteiger partial charge in [-0.2, -0.15) is 4.98 Å². The summed E-state index contributed by atoms with van der Waals surface area (Å²) in [7, 11) is 1.84. The topological polar surface area (TPSA) is 67.2 Å². The zero-order chi connectivity index (χ0) is 21.1. The van der Waals surface area contributed by atoms with Gasteiger partial charge in [0, 0.05) is 23.8 Å². The zero-order valence-corrected chi connectivity index (χ0v) is 16.2. The summed E-state index contributed by atoms with van der Waals surface area (Å²) in [5, 5.41) is 3.42. The molecule has 150 valence electrons. The maximum Gasteiger partial charge on any atom is 0.350 e. The largest absolute Gasteiger partial charge is 0.350 e. The van der Waals surface area contributed by atoms with Gasteiger partial charge in [0.1, 0.15) is 18.2 Å². The molecule has 6 nitrogen and oxygen atoms in total. The van der Waals surface area contributed by atoms with Crippen molar-refractivity contribution in [1.82, 2.24) is 9.55 Å². The molecule has 1 amide bonds. The van der Waals surface area contributed by atoms with Gasteiger partial charge in [0.25, 0.3) is 0 Å². The van der Waals surface area contributed by atoms with Crippen molar-refractivity contribution in [3.63, 3.8) is 0 Å². The smallest absolute Gasteiger partial charge is 0.329 e. The van der Waals surface area contributed by atoms with Gasteiger partial charge < -0.3 is 10.2 Å². The van der Waals surface area contributed by atoms with Gasteiger partial charge in [0.2, 0.25) is 5.91 Å². The Kier molecular flexibility index (Phi) is 5.26.